The number of carboxylic acid groups (broad SMARTS) is 1. The Balaban J connectivity index is 1.84. The highest BCUT2D eigenvalue weighted by Gasteiger charge is 2.37. The fourth-order valence-corrected chi connectivity index (χ4v) is 3.90. The lowest BCUT2D eigenvalue weighted by Crippen LogP contribution is -2.24. The number of nitrogens with one attached hydrogen (secondary N) is 1. The van der Waals surface area contributed by atoms with Crippen molar-refractivity contribution in [3.05, 3.63) is 86.8 Å². The van der Waals surface area contributed by atoms with E-state index in [1.807, 2.05) is 0 Å². The van der Waals surface area contributed by atoms with Crippen molar-refractivity contribution in [2.45, 2.75) is 20.5 Å². The van der Waals surface area contributed by atoms with E-state index in [4.69, 9.17) is 19.8 Å². The van der Waals surface area contributed by atoms with Crippen molar-refractivity contribution in [3.63, 3.8) is 0 Å². The molecule has 2 aromatic carbocycles. The molecule has 0 atom stereocenters. The third-order valence-electron chi connectivity index (χ3n) is 5.83. The summed E-state index contributed by atoms with van der Waals surface area (Å²) in [5.74, 6) is -3.84. The van der Waals surface area contributed by atoms with Crippen LogP contribution in [0.25, 0.3) is 11.8 Å². The van der Waals surface area contributed by atoms with Crippen molar-refractivity contribution in [2.75, 3.05) is 18.2 Å². The van der Waals surface area contributed by atoms with Gasteiger partial charge >= 0.3 is 17.9 Å². The number of esters is 2. The molecule has 2 heterocycles. The van der Waals surface area contributed by atoms with Crippen LogP contribution in [0.3, 0.4) is 0 Å². The molecule has 14 heteroatoms. The van der Waals surface area contributed by atoms with Gasteiger partial charge in [0.05, 0.1) is 41.3 Å². The van der Waals surface area contributed by atoms with Crippen molar-refractivity contribution >= 4 is 41.3 Å². The monoisotopic (exact) mass is 564 g/mol. The van der Waals surface area contributed by atoms with Crippen molar-refractivity contribution in [1.29, 1.82) is 0 Å². The molecule has 41 heavy (non-hydrogen) atoms. The first kappa shape index (κ1) is 28.7. The molecule has 1 aliphatic heterocycles. The number of hydrogen-bond acceptors (Lipinski definition) is 10. The number of carboxylic acids is 1. The Morgan fingerprint density at radius 1 is 0.927 bits per heavy atom. The molecule has 1 aromatic heterocycles. The number of rotatable bonds is 10. The van der Waals surface area contributed by atoms with Crippen LogP contribution in [-0.2, 0) is 30.6 Å². The molecular formula is C27H24N4O10. The van der Waals surface area contributed by atoms with E-state index < -0.39 is 35.1 Å². The van der Waals surface area contributed by atoms with E-state index in [1.54, 1.807) is 26.0 Å². The quantitative estimate of drug-likeness (QED) is 0.143. The average Bonchev–Trinajstić information content (AvgIpc) is 3.46. The summed E-state index contributed by atoms with van der Waals surface area (Å²) in [6, 6.07) is 11.4. The van der Waals surface area contributed by atoms with Crippen molar-refractivity contribution in [2.24, 2.45) is 5.10 Å². The van der Waals surface area contributed by atoms with Crippen LogP contribution in [0.2, 0.25) is 0 Å². The van der Waals surface area contributed by atoms with Crippen LogP contribution < -0.4 is 10.6 Å². The van der Waals surface area contributed by atoms with E-state index in [2.05, 4.69) is 15.1 Å². The first-order chi connectivity index (χ1) is 19.7. The molecule has 0 spiro atoms. The Bertz CT molecular complexity index is 1610. The molecule has 0 unspecified atom stereocenters. The van der Waals surface area contributed by atoms with Crippen LogP contribution in [0.4, 0.5) is 5.69 Å². The minimum atomic E-state index is -1.17. The molecule has 0 bridgehead atoms. The molecule has 212 valence electrons. The lowest BCUT2D eigenvalue weighted by molar-refractivity contribution is -0.253. The van der Waals surface area contributed by atoms with E-state index in [9.17, 15) is 24.0 Å². The molecule has 0 aliphatic carbocycles. The van der Waals surface area contributed by atoms with Gasteiger partial charge in [0.2, 0.25) is 0 Å². The third-order valence-corrected chi connectivity index (χ3v) is 5.83. The van der Waals surface area contributed by atoms with Gasteiger partial charge in [0, 0.05) is 0 Å². The van der Waals surface area contributed by atoms with Crippen molar-refractivity contribution < 1.29 is 43.9 Å². The number of aromatic carboxylic acids is 1. The van der Waals surface area contributed by atoms with Gasteiger partial charge in [-0.2, -0.15) is 10.1 Å². The number of aromatic nitrogens is 2. The summed E-state index contributed by atoms with van der Waals surface area (Å²) in [5, 5.41) is 25.5. The summed E-state index contributed by atoms with van der Waals surface area (Å²) in [4.78, 5) is 67.9. The summed E-state index contributed by atoms with van der Waals surface area (Å²) in [7, 11) is 0. The Labute approximate surface area is 231 Å². The van der Waals surface area contributed by atoms with Gasteiger partial charge in [-0.25, -0.2) is 24.0 Å². The Morgan fingerprint density at radius 3 is 2.12 bits per heavy atom. The molecule has 3 N–H and O–H groups in total. The molecule has 14 nitrogen and oxygen atoms in total. The predicted molar refractivity (Wildman–Crippen MR) is 143 cm³/mol. The smallest absolute Gasteiger partial charge is 0.359 e. The average molecular weight is 565 g/mol. The fraction of sp³-hybridized carbons (Fsp3) is 0.185. The van der Waals surface area contributed by atoms with Crippen LogP contribution in [0.1, 0.15) is 45.8 Å². The first-order valence-electron chi connectivity index (χ1n) is 12.2. The Hall–Kier alpha value is -5.34. The number of benzene rings is 2. The van der Waals surface area contributed by atoms with E-state index in [0.29, 0.717) is 11.3 Å². The summed E-state index contributed by atoms with van der Waals surface area (Å²) in [6.45, 7) is 3.01. The number of anilines is 1. The second-order valence-corrected chi connectivity index (χ2v) is 8.40. The van der Waals surface area contributed by atoms with E-state index in [1.165, 1.54) is 36.4 Å². The van der Waals surface area contributed by atoms with Gasteiger partial charge in [0.15, 0.2) is 11.4 Å². The van der Waals surface area contributed by atoms with Crippen LogP contribution in [0.15, 0.2) is 64.0 Å². The summed E-state index contributed by atoms with van der Waals surface area (Å²) in [6.07, 6.45) is 1.05. The Morgan fingerprint density at radius 2 is 1.54 bits per heavy atom. The van der Waals surface area contributed by atoms with Crippen molar-refractivity contribution in [3.8, 4) is 5.69 Å². The summed E-state index contributed by atoms with van der Waals surface area (Å²) in [5.41, 5.74) is -1.04. The second-order valence-electron chi connectivity index (χ2n) is 8.40. The number of nitrogens with zero attached hydrogens (tertiary/aromatic N) is 3. The SMILES string of the molecule is CCOC(=O)C1=NN(c2ccc(C(=O)O)cc2)C(=O)C1=Cc1c(C(=O)OCC)[nH]n(-c2ccc(COO)cc2)c1=O. The van der Waals surface area contributed by atoms with E-state index in [0.717, 1.165) is 15.8 Å². The molecule has 3 aromatic rings. The predicted octanol–water partition coefficient (Wildman–Crippen LogP) is 2.38. The zero-order valence-corrected chi connectivity index (χ0v) is 21.8. The lowest BCUT2D eigenvalue weighted by atomic mass is 10.1. The number of ether oxygens (including phenoxy) is 2. The zero-order chi connectivity index (χ0) is 29.7. The topological polar surface area (TPSA) is 190 Å². The third kappa shape index (κ3) is 5.83. The highest BCUT2D eigenvalue weighted by atomic mass is 17.1. The Kier molecular flexibility index (Phi) is 8.55. The number of hydrogen-bond donors (Lipinski definition) is 3. The highest BCUT2D eigenvalue weighted by Crippen LogP contribution is 2.26. The molecule has 0 saturated heterocycles. The van der Waals surface area contributed by atoms with Gasteiger partial charge in [-0.05, 0) is 61.9 Å². The number of amides is 1. The molecule has 0 saturated carbocycles. The van der Waals surface area contributed by atoms with Gasteiger partial charge in [-0.3, -0.25) is 19.9 Å². The molecule has 1 aliphatic rings. The first-order valence-corrected chi connectivity index (χ1v) is 12.2. The van der Waals surface area contributed by atoms with Crippen LogP contribution in [0.5, 0.6) is 0 Å². The van der Waals surface area contributed by atoms with Gasteiger partial charge in [-0.1, -0.05) is 12.1 Å². The summed E-state index contributed by atoms with van der Waals surface area (Å²) < 4.78 is 11.2. The molecular weight excluding hydrogens is 540 g/mol. The zero-order valence-electron chi connectivity index (χ0n) is 21.8. The van der Waals surface area contributed by atoms with Crippen LogP contribution in [-0.4, -0.2) is 62.9 Å². The molecule has 1 amide bonds. The van der Waals surface area contributed by atoms with E-state index in [-0.39, 0.29) is 47.9 Å². The maximum absolute atomic E-state index is 13.5. The number of aromatic amines is 1. The largest absolute Gasteiger partial charge is 0.478 e. The fourth-order valence-electron chi connectivity index (χ4n) is 3.90. The van der Waals surface area contributed by atoms with Gasteiger partial charge in [0.25, 0.3) is 11.5 Å². The second kappa shape index (κ2) is 12.2. The van der Waals surface area contributed by atoms with E-state index >= 15 is 0 Å². The summed E-state index contributed by atoms with van der Waals surface area (Å²) >= 11 is 0. The normalized spacial score (nSPS) is 13.8. The number of hydrazone groups is 1. The maximum atomic E-state index is 13.5. The molecule has 4 rings (SSSR count). The minimum Gasteiger partial charge on any atom is -0.478 e. The van der Waals surface area contributed by atoms with Crippen molar-refractivity contribution in [1.82, 2.24) is 9.78 Å². The van der Waals surface area contributed by atoms with Crippen LogP contribution >= 0.6 is 0 Å². The molecule has 0 fully saturated rings. The maximum Gasteiger partial charge on any atom is 0.359 e. The molecule has 0 radical (unpaired) electrons. The number of carbonyl (C=O) groups is 4. The number of H-pyrrole nitrogens is 1. The standard InChI is InChI=1S/C27H24N4O10/c1-3-39-26(36)21-19(23(32)30(28-21)17-9-5-15(6-10-17)14-41-38)13-20-22(27(37)40-4-2)29-31(24(20)33)18-11-7-16(8-12-18)25(34)35/h5-13,28,38H,3-4,14H2,1-2H3,(H,34,35). The highest BCUT2D eigenvalue weighted by molar-refractivity contribution is 6.54. The van der Waals surface area contributed by atoms with Gasteiger partial charge < -0.3 is 14.6 Å². The minimum absolute atomic E-state index is 0.00745. The lowest BCUT2D eigenvalue weighted by Gasteiger charge is -2.11. The number of carbonyl (C=O) groups excluding carboxylic acids is 3. The van der Waals surface area contributed by atoms with Gasteiger partial charge in [0.1, 0.15) is 6.61 Å². The van der Waals surface area contributed by atoms with Crippen LogP contribution in [0, 0.1) is 0 Å². The van der Waals surface area contributed by atoms with Gasteiger partial charge in [-0.15, -0.1) is 0 Å².